The molecule has 1 aliphatic carbocycles. The lowest BCUT2D eigenvalue weighted by atomic mass is 9.75. The maximum atomic E-state index is 13.5. The van der Waals surface area contributed by atoms with Crippen LogP contribution >= 0.6 is 12.2 Å². The lowest BCUT2D eigenvalue weighted by Gasteiger charge is -2.43. The Bertz CT molecular complexity index is 1110. The molecule has 6 nitrogen and oxygen atoms in total. The third kappa shape index (κ3) is 3.82. The highest BCUT2D eigenvalue weighted by Crippen LogP contribution is 2.48. The summed E-state index contributed by atoms with van der Waals surface area (Å²) in [6.07, 6.45) is 0.755. The summed E-state index contributed by atoms with van der Waals surface area (Å²) >= 11 is 5.67. The molecule has 3 fully saturated rings. The molecular weight excluding hydrogens is 465 g/mol. The van der Waals surface area contributed by atoms with Crippen molar-refractivity contribution in [2.24, 2.45) is 0 Å². The summed E-state index contributed by atoms with van der Waals surface area (Å²) < 4.78 is 46.5. The van der Waals surface area contributed by atoms with Gasteiger partial charge < -0.3 is 15.0 Å². The summed E-state index contributed by atoms with van der Waals surface area (Å²) in [5, 5.41) is 3.47. The fourth-order valence-electron chi connectivity index (χ4n) is 4.92. The molecule has 0 bridgehead atoms. The summed E-state index contributed by atoms with van der Waals surface area (Å²) in [5.41, 5.74) is -1.14. The number of carbonyl (C=O) groups excluding carboxylic acids is 1. The van der Waals surface area contributed by atoms with Crippen LogP contribution in [0.5, 0.6) is 5.75 Å². The van der Waals surface area contributed by atoms with E-state index in [4.69, 9.17) is 17.0 Å². The number of halogens is 3. The van der Waals surface area contributed by atoms with Crippen molar-refractivity contribution in [2.45, 2.75) is 56.8 Å². The van der Waals surface area contributed by atoms with Gasteiger partial charge in [0.2, 0.25) is 0 Å². The first-order valence-electron chi connectivity index (χ1n) is 11.4. The van der Waals surface area contributed by atoms with E-state index in [1.807, 2.05) is 24.3 Å². The SMILES string of the molecule is Cc1ncc(N2C(=O)C3(CCC3)N(c3ccc(OC4CCNCC4)cc3)C2=S)cc1C(F)(F)F. The minimum atomic E-state index is -4.57. The minimum absolute atomic E-state index is 0.0348. The van der Waals surface area contributed by atoms with Crippen molar-refractivity contribution in [1.29, 1.82) is 0 Å². The molecule has 10 heteroatoms. The van der Waals surface area contributed by atoms with Crippen LogP contribution in [0.25, 0.3) is 0 Å². The van der Waals surface area contributed by atoms with Crippen molar-refractivity contribution in [2.75, 3.05) is 22.9 Å². The largest absolute Gasteiger partial charge is 0.490 e. The van der Waals surface area contributed by atoms with E-state index in [9.17, 15) is 18.0 Å². The number of alkyl halides is 3. The second-order valence-corrected chi connectivity index (χ2v) is 9.39. The number of aryl methyl sites for hydroxylation is 1. The molecule has 1 N–H and O–H groups in total. The number of hydrogen-bond donors (Lipinski definition) is 1. The van der Waals surface area contributed by atoms with Crippen LogP contribution < -0.4 is 19.9 Å². The van der Waals surface area contributed by atoms with Crippen LogP contribution in [0.1, 0.15) is 43.4 Å². The van der Waals surface area contributed by atoms with Crippen LogP contribution in [0.4, 0.5) is 24.5 Å². The molecule has 5 rings (SSSR count). The van der Waals surface area contributed by atoms with Crippen LogP contribution in [-0.4, -0.2) is 40.7 Å². The normalized spacial score (nSPS) is 20.7. The molecule has 1 aromatic carbocycles. The van der Waals surface area contributed by atoms with Crippen LogP contribution in [0, 0.1) is 6.92 Å². The molecule has 3 aliphatic rings. The van der Waals surface area contributed by atoms with Crippen LogP contribution in [0.2, 0.25) is 0 Å². The Morgan fingerprint density at radius 3 is 2.41 bits per heavy atom. The van der Waals surface area contributed by atoms with Crippen molar-refractivity contribution in [3.63, 3.8) is 0 Å². The number of amides is 1. The van der Waals surface area contributed by atoms with Gasteiger partial charge in [0.05, 0.1) is 17.4 Å². The zero-order valence-electron chi connectivity index (χ0n) is 18.7. The maximum absolute atomic E-state index is 13.5. The van der Waals surface area contributed by atoms with Gasteiger partial charge in [-0.05, 0) is 94.7 Å². The maximum Gasteiger partial charge on any atom is 0.418 e. The average molecular weight is 491 g/mol. The van der Waals surface area contributed by atoms with Gasteiger partial charge in [0, 0.05) is 11.4 Å². The molecule has 2 saturated heterocycles. The number of nitrogens with zero attached hydrogens (tertiary/aromatic N) is 3. The zero-order chi connectivity index (χ0) is 24.1. The number of anilines is 2. The molecule has 1 aromatic heterocycles. The highest BCUT2D eigenvalue weighted by atomic mass is 32.1. The average Bonchev–Trinajstić information content (AvgIpc) is 3.02. The van der Waals surface area contributed by atoms with Gasteiger partial charge in [-0.2, -0.15) is 13.2 Å². The van der Waals surface area contributed by atoms with Crippen LogP contribution in [0.3, 0.4) is 0 Å². The summed E-state index contributed by atoms with van der Waals surface area (Å²) in [6, 6.07) is 8.38. The lowest BCUT2D eigenvalue weighted by molar-refractivity contribution is -0.138. The smallest absolute Gasteiger partial charge is 0.418 e. The van der Waals surface area contributed by atoms with E-state index in [0.717, 1.165) is 44.2 Å². The third-order valence-electron chi connectivity index (χ3n) is 6.91. The number of benzene rings is 1. The van der Waals surface area contributed by atoms with Gasteiger partial charge in [-0.3, -0.25) is 14.7 Å². The molecule has 3 heterocycles. The Labute approximate surface area is 201 Å². The van der Waals surface area contributed by atoms with Crippen LogP contribution in [-0.2, 0) is 11.0 Å². The van der Waals surface area contributed by atoms with Gasteiger partial charge in [0.1, 0.15) is 17.4 Å². The lowest BCUT2D eigenvalue weighted by Crippen LogP contribution is -2.55. The predicted molar refractivity (Wildman–Crippen MR) is 126 cm³/mol. The molecule has 180 valence electrons. The monoisotopic (exact) mass is 490 g/mol. The number of thiocarbonyl (C=S) groups is 1. The number of ether oxygens (including phenoxy) is 1. The minimum Gasteiger partial charge on any atom is -0.490 e. The first-order chi connectivity index (χ1) is 16.2. The predicted octanol–water partition coefficient (Wildman–Crippen LogP) is 4.60. The molecule has 2 aromatic rings. The Balaban J connectivity index is 1.45. The molecule has 34 heavy (non-hydrogen) atoms. The van der Waals surface area contributed by atoms with E-state index in [1.165, 1.54) is 18.0 Å². The highest BCUT2D eigenvalue weighted by molar-refractivity contribution is 7.81. The third-order valence-corrected chi connectivity index (χ3v) is 7.28. The molecule has 0 radical (unpaired) electrons. The fourth-order valence-corrected chi connectivity index (χ4v) is 5.39. The highest BCUT2D eigenvalue weighted by Gasteiger charge is 2.59. The van der Waals surface area contributed by atoms with Gasteiger partial charge in [0.25, 0.3) is 5.91 Å². The van der Waals surface area contributed by atoms with Gasteiger partial charge >= 0.3 is 6.18 Å². The van der Waals surface area contributed by atoms with Crippen molar-refractivity contribution < 1.29 is 22.7 Å². The van der Waals surface area contributed by atoms with E-state index >= 15 is 0 Å². The zero-order valence-corrected chi connectivity index (χ0v) is 19.5. The molecular formula is C24H25F3N4O2S. The van der Waals surface area contributed by atoms with Crippen molar-refractivity contribution in [1.82, 2.24) is 10.3 Å². The first-order valence-corrected chi connectivity index (χ1v) is 11.8. The molecule has 1 amide bonds. The van der Waals surface area contributed by atoms with E-state index in [-0.39, 0.29) is 28.5 Å². The Morgan fingerprint density at radius 1 is 1.15 bits per heavy atom. The molecule has 1 saturated carbocycles. The summed E-state index contributed by atoms with van der Waals surface area (Å²) in [6.45, 7) is 3.15. The van der Waals surface area contributed by atoms with Gasteiger partial charge in [-0.1, -0.05) is 0 Å². The van der Waals surface area contributed by atoms with E-state index in [2.05, 4.69) is 10.3 Å². The number of aromatic nitrogens is 1. The number of piperidine rings is 1. The standard InChI is InChI=1S/C24H25F3N4O2S/c1-15-20(24(25,26)27)13-17(14-29-15)30-21(32)23(9-2-10-23)31(22(30)34)16-3-5-18(6-4-16)33-19-7-11-28-12-8-19/h3-6,13-14,19,28H,2,7-12H2,1H3. The Hall–Kier alpha value is -2.72. The van der Waals surface area contributed by atoms with Crippen molar-refractivity contribution in [3.05, 3.63) is 47.8 Å². The van der Waals surface area contributed by atoms with Crippen molar-refractivity contribution in [3.8, 4) is 5.75 Å². The second kappa shape index (κ2) is 8.49. The summed E-state index contributed by atoms with van der Waals surface area (Å²) in [7, 11) is 0. The Morgan fingerprint density at radius 2 is 1.82 bits per heavy atom. The van der Waals surface area contributed by atoms with E-state index < -0.39 is 17.3 Å². The first kappa shape index (κ1) is 23.0. The van der Waals surface area contributed by atoms with Crippen molar-refractivity contribution >= 4 is 34.6 Å². The summed E-state index contributed by atoms with van der Waals surface area (Å²) in [4.78, 5) is 20.4. The molecule has 0 atom stereocenters. The number of rotatable bonds is 4. The molecule has 1 spiro atoms. The number of carbonyl (C=O) groups is 1. The quantitative estimate of drug-likeness (QED) is 0.633. The molecule has 0 unspecified atom stereocenters. The fraction of sp³-hybridized carbons (Fsp3) is 0.458. The second-order valence-electron chi connectivity index (χ2n) is 9.03. The van der Waals surface area contributed by atoms with Crippen LogP contribution in [0.15, 0.2) is 36.5 Å². The van der Waals surface area contributed by atoms with Gasteiger partial charge in [-0.25, -0.2) is 0 Å². The van der Waals surface area contributed by atoms with Gasteiger partial charge in [-0.15, -0.1) is 0 Å². The number of nitrogens with one attached hydrogen (secondary N) is 1. The number of hydrogen-bond acceptors (Lipinski definition) is 5. The topological polar surface area (TPSA) is 57.7 Å². The summed E-state index contributed by atoms with van der Waals surface area (Å²) in [5.74, 6) is 0.432. The number of pyridine rings is 1. The van der Waals surface area contributed by atoms with E-state index in [1.54, 1.807) is 4.90 Å². The van der Waals surface area contributed by atoms with Gasteiger partial charge in [0.15, 0.2) is 5.11 Å². The molecule has 2 aliphatic heterocycles. The van der Waals surface area contributed by atoms with E-state index in [0.29, 0.717) is 18.5 Å². The Kier molecular flexibility index (Phi) is 5.76.